The molecule has 1 saturated heterocycles. The maximum absolute atomic E-state index is 12.3. The molecule has 2 aliphatic heterocycles. The van der Waals surface area contributed by atoms with Gasteiger partial charge in [-0.2, -0.15) is 8.42 Å². The fourth-order valence-corrected chi connectivity index (χ4v) is 4.65. The summed E-state index contributed by atoms with van der Waals surface area (Å²) in [7, 11) is -3.66. The van der Waals surface area contributed by atoms with Gasteiger partial charge in [0.2, 0.25) is 0 Å². The number of hydrogen-bond donors (Lipinski definition) is 3. The molecule has 9 heteroatoms. The molecule has 2 aromatic rings. The van der Waals surface area contributed by atoms with Crippen LogP contribution in [-0.2, 0) is 10.0 Å². The zero-order valence-corrected chi connectivity index (χ0v) is 17.4. The van der Waals surface area contributed by atoms with Gasteiger partial charge in [0.15, 0.2) is 5.84 Å². The molecule has 0 bridgehead atoms. The Morgan fingerprint density at radius 2 is 1.90 bits per heavy atom. The molecule has 1 atom stereocenters. The van der Waals surface area contributed by atoms with E-state index < -0.39 is 10.0 Å². The van der Waals surface area contributed by atoms with Crippen LogP contribution in [0.5, 0.6) is 0 Å². The van der Waals surface area contributed by atoms with Crippen LogP contribution in [0.4, 0.5) is 5.69 Å². The van der Waals surface area contributed by atoms with Crippen LogP contribution in [0, 0.1) is 5.92 Å². The number of fused-ring (bicyclic) bond motifs is 1. The van der Waals surface area contributed by atoms with Crippen LogP contribution in [0.3, 0.4) is 0 Å². The summed E-state index contributed by atoms with van der Waals surface area (Å²) in [4.78, 5) is 12.5. The zero-order chi connectivity index (χ0) is 19.6. The van der Waals surface area contributed by atoms with Crippen molar-refractivity contribution in [1.82, 2.24) is 10.6 Å². The van der Waals surface area contributed by atoms with Crippen LogP contribution >= 0.6 is 12.4 Å². The van der Waals surface area contributed by atoms with Gasteiger partial charge in [-0.3, -0.25) is 4.79 Å². The average Bonchev–Trinajstić information content (AvgIpc) is 2.98. The monoisotopic (exact) mass is 434 g/mol. The van der Waals surface area contributed by atoms with Gasteiger partial charge in [0, 0.05) is 23.4 Å². The lowest BCUT2D eigenvalue weighted by Gasteiger charge is -2.22. The Kier molecular flexibility index (Phi) is 6.56. The lowest BCUT2D eigenvalue weighted by atomic mass is 9.99. The molecular weight excluding hydrogens is 412 g/mol. The maximum atomic E-state index is 12.3. The van der Waals surface area contributed by atoms with E-state index >= 15 is 0 Å². The van der Waals surface area contributed by atoms with Crippen molar-refractivity contribution < 1.29 is 13.2 Å². The number of carbonyl (C=O) groups excluding carboxylic acids is 1. The summed E-state index contributed by atoms with van der Waals surface area (Å²) in [5.74, 6) is 0.655. The van der Waals surface area contributed by atoms with Crippen LogP contribution in [0.25, 0.3) is 0 Å². The standard InChI is InChI=1S/C20H22N4O3S.ClH/c25-20(22-13-14-4-3-11-21-12-14)15-7-9-16(10-8-15)23-19-17-5-1-2-6-18(17)28(26,27)24-19;/h1-2,5-10,14,21H,3-4,11-13H2,(H,22,25)(H,23,24);1H. The first-order valence-electron chi connectivity index (χ1n) is 9.33. The number of piperidine rings is 1. The molecule has 2 aromatic carbocycles. The molecule has 2 heterocycles. The lowest BCUT2D eigenvalue weighted by molar-refractivity contribution is 0.0945. The van der Waals surface area contributed by atoms with E-state index in [0.29, 0.717) is 29.3 Å². The van der Waals surface area contributed by atoms with Crippen LogP contribution in [0.1, 0.15) is 28.8 Å². The second-order valence-corrected chi connectivity index (χ2v) is 8.61. The highest BCUT2D eigenvalue weighted by Crippen LogP contribution is 2.26. The molecule has 0 radical (unpaired) electrons. The predicted octanol–water partition coefficient (Wildman–Crippen LogP) is 2.40. The molecule has 0 aliphatic carbocycles. The summed E-state index contributed by atoms with van der Waals surface area (Å²) < 4.78 is 28.0. The Hall–Kier alpha value is -2.42. The number of rotatable bonds is 4. The first kappa shape index (κ1) is 21.3. The minimum absolute atomic E-state index is 0. The smallest absolute Gasteiger partial charge is 0.285 e. The molecule has 2 aliphatic rings. The molecule has 1 amide bonds. The highest BCUT2D eigenvalue weighted by molar-refractivity contribution is 7.90. The summed E-state index contributed by atoms with van der Waals surface area (Å²) in [6.45, 7) is 2.66. The largest absolute Gasteiger partial charge is 0.352 e. The Morgan fingerprint density at radius 1 is 1.14 bits per heavy atom. The van der Waals surface area contributed by atoms with Crippen molar-refractivity contribution in [3.63, 3.8) is 0 Å². The average molecular weight is 435 g/mol. The highest BCUT2D eigenvalue weighted by atomic mass is 35.5. The molecule has 0 spiro atoms. The minimum Gasteiger partial charge on any atom is -0.352 e. The van der Waals surface area contributed by atoms with Crippen LogP contribution < -0.4 is 16.0 Å². The second kappa shape index (κ2) is 8.94. The maximum Gasteiger partial charge on any atom is 0.285 e. The quantitative estimate of drug-likeness (QED) is 0.686. The number of halogens is 1. The number of nitrogens with one attached hydrogen (secondary N) is 3. The van der Waals surface area contributed by atoms with Crippen molar-refractivity contribution in [2.45, 2.75) is 17.7 Å². The van der Waals surface area contributed by atoms with Crippen LogP contribution in [0.2, 0.25) is 0 Å². The van der Waals surface area contributed by atoms with Gasteiger partial charge in [-0.15, -0.1) is 16.8 Å². The van der Waals surface area contributed by atoms with Crippen molar-refractivity contribution in [2.24, 2.45) is 10.3 Å². The van der Waals surface area contributed by atoms with Gasteiger partial charge in [0.05, 0.1) is 0 Å². The third kappa shape index (κ3) is 4.77. The molecular formula is C20H23ClN4O3S. The van der Waals surface area contributed by atoms with E-state index in [1.165, 1.54) is 6.07 Å². The van der Waals surface area contributed by atoms with Crippen molar-refractivity contribution in [3.05, 3.63) is 59.7 Å². The number of hydrogen-bond acceptors (Lipinski definition) is 5. The zero-order valence-electron chi connectivity index (χ0n) is 15.7. The van der Waals surface area contributed by atoms with E-state index in [4.69, 9.17) is 0 Å². The van der Waals surface area contributed by atoms with Gasteiger partial charge in [0.25, 0.3) is 15.9 Å². The highest BCUT2D eigenvalue weighted by Gasteiger charge is 2.28. The number of nitrogens with zero attached hydrogens (tertiary/aromatic N) is 1. The van der Waals surface area contributed by atoms with Crippen LogP contribution in [-0.4, -0.2) is 39.8 Å². The SMILES string of the molecule is Cl.O=C(NCC1CCCNC1)c1ccc(NC2=NS(=O)(=O)c3ccccc32)cc1. The Labute approximate surface area is 176 Å². The number of amidine groups is 1. The molecule has 7 nitrogen and oxygen atoms in total. The lowest BCUT2D eigenvalue weighted by Crippen LogP contribution is -2.38. The molecule has 154 valence electrons. The Bertz CT molecular complexity index is 1020. The van der Waals surface area contributed by atoms with E-state index in [1.807, 2.05) is 0 Å². The van der Waals surface area contributed by atoms with Gasteiger partial charge < -0.3 is 16.0 Å². The van der Waals surface area contributed by atoms with Crippen molar-refractivity contribution in [3.8, 4) is 0 Å². The number of amides is 1. The summed E-state index contributed by atoms with van der Waals surface area (Å²) >= 11 is 0. The molecule has 1 fully saturated rings. The fraction of sp³-hybridized carbons (Fsp3) is 0.300. The first-order valence-corrected chi connectivity index (χ1v) is 10.8. The Balaban J connectivity index is 0.00000240. The third-order valence-corrected chi connectivity index (χ3v) is 6.33. The number of anilines is 1. The van der Waals surface area contributed by atoms with Gasteiger partial charge in [-0.05, 0) is 68.2 Å². The minimum atomic E-state index is -3.66. The van der Waals surface area contributed by atoms with Crippen molar-refractivity contribution >= 4 is 39.9 Å². The third-order valence-electron chi connectivity index (χ3n) is 4.99. The van der Waals surface area contributed by atoms with Gasteiger partial charge in [0.1, 0.15) is 4.90 Å². The Morgan fingerprint density at radius 3 is 2.62 bits per heavy atom. The fourth-order valence-electron chi connectivity index (χ4n) is 3.47. The summed E-state index contributed by atoms with van der Waals surface area (Å²) in [5, 5.41) is 9.36. The van der Waals surface area contributed by atoms with E-state index in [1.54, 1.807) is 42.5 Å². The molecule has 3 N–H and O–H groups in total. The van der Waals surface area contributed by atoms with E-state index in [2.05, 4.69) is 20.3 Å². The molecule has 0 aromatic heterocycles. The number of benzene rings is 2. The molecule has 1 unspecified atom stereocenters. The van der Waals surface area contributed by atoms with Crippen LogP contribution in [0.15, 0.2) is 57.8 Å². The second-order valence-electron chi connectivity index (χ2n) is 7.04. The van der Waals surface area contributed by atoms with Crippen molar-refractivity contribution in [1.29, 1.82) is 0 Å². The normalized spacial score (nSPS) is 19.4. The summed E-state index contributed by atoms with van der Waals surface area (Å²) in [6, 6.07) is 13.6. The van der Waals surface area contributed by atoms with E-state index in [9.17, 15) is 13.2 Å². The molecule has 29 heavy (non-hydrogen) atoms. The van der Waals surface area contributed by atoms with Gasteiger partial charge in [-0.25, -0.2) is 0 Å². The van der Waals surface area contributed by atoms with Gasteiger partial charge in [-0.1, -0.05) is 12.1 Å². The molecule has 4 rings (SSSR count). The summed E-state index contributed by atoms with van der Waals surface area (Å²) in [6.07, 6.45) is 2.27. The topological polar surface area (TPSA) is 99.7 Å². The molecule has 0 saturated carbocycles. The van der Waals surface area contributed by atoms with E-state index in [0.717, 1.165) is 25.9 Å². The van der Waals surface area contributed by atoms with Crippen molar-refractivity contribution in [2.75, 3.05) is 25.0 Å². The number of sulfonamides is 1. The predicted molar refractivity (Wildman–Crippen MR) is 115 cm³/mol. The van der Waals surface area contributed by atoms with E-state index in [-0.39, 0.29) is 29.0 Å². The number of carbonyl (C=O) groups is 1. The van der Waals surface area contributed by atoms with Gasteiger partial charge >= 0.3 is 0 Å². The summed E-state index contributed by atoms with van der Waals surface area (Å²) in [5.41, 5.74) is 1.78. The first-order chi connectivity index (χ1) is 13.5.